The zero-order valence-corrected chi connectivity index (χ0v) is 33.5. The molecule has 5 aromatic carbocycles. The van der Waals surface area contributed by atoms with E-state index in [9.17, 15) is 32.3 Å². The molecule has 320 valence electrons. The predicted octanol–water partition coefficient (Wildman–Crippen LogP) is 7.57. The van der Waals surface area contributed by atoms with Crippen molar-refractivity contribution in [1.82, 2.24) is 9.55 Å². The minimum absolute atomic E-state index is 0.0423. The molecule has 0 saturated carbocycles. The van der Waals surface area contributed by atoms with E-state index in [4.69, 9.17) is 28.4 Å². The van der Waals surface area contributed by atoms with E-state index < -0.39 is 77.1 Å². The molecule has 4 atom stereocenters. The van der Waals surface area contributed by atoms with Crippen LogP contribution < -0.4 is 20.7 Å². The highest BCUT2D eigenvalue weighted by atomic mass is 19.4. The third-order valence-corrected chi connectivity index (χ3v) is 10.6. The first-order valence-electron chi connectivity index (χ1n) is 19.5. The number of ether oxygens (including phenoxy) is 6. The van der Waals surface area contributed by atoms with E-state index in [1.54, 1.807) is 44.6 Å². The Balaban J connectivity index is 1.28. The van der Waals surface area contributed by atoms with E-state index in [2.05, 4.69) is 4.98 Å². The first-order chi connectivity index (χ1) is 29.9. The summed E-state index contributed by atoms with van der Waals surface area (Å²) in [7, 11) is 3.13. The van der Waals surface area contributed by atoms with Crippen LogP contribution in [-0.4, -0.2) is 61.1 Å². The highest BCUT2D eigenvalue weighted by molar-refractivity contribution is 5.90. The molecule has 0 aliphatic carbocycles. The summed E-state index contributed by atoms with van der Waals surface area (Å²) in [6, 6.07) is 37.2. The number of halogens is 3. The van der Waals surface area contributed by atoms with Gasteiger partial charge in [-0.05, 0) is 77.7 Å². The fourth-order valence-corrected chi connectivity index (χ4v) is 7.51. The van der Waals surface area contributed by atoms with Crippen LogP contribution in [0.3, 0.4) is 0 Å². The van der Waals surface area contributed by atoms with Gasteiger partial charge in [0.2, 0.25) is 0 Å². The molecule has 1 N–H and O–H groups in total. The molecule has 1 fully saturated rings. The molecular formula is C47H41F3N2O10. The lowest BCUT2D eigenvalue weighted by Gasteiger charge is -2.36. The number of aromatic amines is 1. The zero-order chi connectivity index (χ0) is 43.9. The zero-order valence-electron chi connectivity index (χ0n) is 33.5. The van der Waals surface area contributed by atoms with Crippen molar-refractivity contribution in [2.75, 3.05) is 27.4 Å². The average molecular weight is 851 g/mol. The number of nitrogens with one attached hydrogen (secondary N) is 1. The number of hydrogen-bond donors (Lipinski definition) is 1. The van der Waals surface area contributed by atoms with Crippen molar-refractivity contribution in [2.24, 2.45) is 5.92 Å². The van der Waals surface area contributed by atoms with Crippen molar-refractivity contribution >= 4 is 11.9 Å². The molecular weight excluding hydrogens is 810 g/mol. The van der Waals surface area contributed by atoms with Gasteiger partial charge < -0.3 is 28.4 Å². The van der Waals surface area contributed by atoms with Crippen molar-refractivity contribution in [3.05, 3.63) is 200 Å². The number of alkyl halides is 3. The Hall–Kier alpha value is -6.97. The molecule has 0 amide bonds. The number of nitrogens with zero attached hydrogens (tertiary/aromatic N) is 1. The number of H-pyrrole nitrogens is 1. The number of carbonyl (C=O) groups is 2. The summed E-state index contributed by atoms with van der Waals surface area (Å²) in [5, 5.41) is 0. The van der Waals surface area contributed by atoms with Gasteiger partial charge in [-0.25, -0.2) is 14.4 Å². The number of carbonyl (C=O) groups excluding carboxylic acids is 2. The van der Waals surface area contributed by atoms with Gasteiger partial charge in [0.15, 0.2) is 12.3 Å². The van der Waals surface area contributed by atoms with Crippen LogP contribution in [0, 0.1) is 5.92 Å². The van der Waals surface area contributed by atoms with E-state index in [-0.39, 0.29) is 18.6 Å². The van der Waals surface area contributed by atoms with Gasteiger partial charge >= 0.3 is 23.8 Å². The summed E-state index contributed by atoms with van der Waals surface area (Å²) in [5.41, 5.74) is -1.92. The van der Waals surface area contributed by atoms with Gasteiger partial charge in [0.1, 0.15) is 23.7 Å². The predicted molar refractivity (Wildman–Crippen MR) is 219 cm³/mol. The van der Waals surface area contributed by atoms with Crippen molar-refractivity contribution in [3.63, 3.8) is 0 Å². The molecule has 2 heterocycles. The van der Waals surface area contributed by atoms with E-state index in [0.717, 1.165) is 51.7 Å². The van der Waals surface area contributed by atoms with Gasteiger partial charge in [-0.3, -0.25) is 14.3 Å². The fraction of sp³-hybridized carbons (Fsp3) is 0.234. The highest BCUT2D eigenvalue weighted by Crippen LogP contribution is 2.43. The Morgan fingerprint density at radius 1 is 0.694 bits per heavy atom. The van der Waals surface area contributed by atoms with E-state index in [1.165, 1.54) is 0 Å². The van der Waals surface area contributed by atoms with E-state index in [0.29, 0.717) is 17.6 Å². The smallest absolute Gasteiger partial charge is 0.416 e. The summed E-state index contributed by atoms with van der Waals surface area (Å²) >= 11 is 0. The van der Waals surface area contributed by atoms with Crippen molar-refractivity contribution < 1.29 is 51.2 Å². The lowest BCUT2D eigenvalue weighted by atomic mass is 9.80. The molecule has 7 rings (SSSR count). The Morgan fingerprint density at radius 2 is 1.26 bits per heavy atom. The largest absolute Gasteiger partial charge is 0.497 e. The van der Waals surface area contributed by atoms with E-state index in [1.807, 2.05) is 78.9 Å². The summed E-state index contributed by atoms with van der Waals surface area (Å²) in [5.74, 6) is -1.67. The Bertz CT molecular complexity index is 2530. The monoisotopic (exact) mass is 850 g/mol. The second-order valence-electron chi connectivity index (χ2n) is 14.3. The number of rotatable bonds is 15. The maximum absolute atomic E-state index is 13.8. The molecule has 1 aromatic heterocycles. The Morgan fingerprint density at radius 3 is 1.84 bits per heavy atom. The van der Waals surface area contributed by atoms with Crippen LogP contribution in [0.5, 0.6) is 11.5 Å². The molecule has 0 radical (unpaired) electrons. The SMILES string of the molecule is COc1ccc(C(OCC[C@H]2O[C@@H](n3ccc(=O)[nH]c3=O)[C@H](OC(=O)c3cccc(C(F)(F)F)c3)[C@@H]2COC(=O)c2ccccc2)(c2ccccc2)c2ccc(OC)cc2)cc1. The molecule has 1 saturated heterocycles. The number of esters is 2. The first kappa shape index (κ1) is 43.1. The van der Waals surface area contributed by atoms with Crippen LogP contribution >= 0.6 is 0 Å². The quantitative estimate of drug-likeness (QED) is 0.0812. The van der Waals surface area contributed by atoms with Crippen LogP contribution in [-0.2, 0) is 30.7 Å². The number of aromatic nitrogens is 2. The van der Waals surface area contributed by atoms with Gasteiger partial charge in [-0.2, -0.15) is 13.2 Å². The minimum Gasteiger partial charge on any atom is -0.497 e. The van der Waals surface area contributed by atoms with Crippen LogP contribution in [0.25, 0.3) is 0 Å². The molecule has 1 aliphatic heterocycles. The minimum atomic E-state index is -4.76. The highest BCUT2D eigenvalue weighted by Gasteiger charge is 2.49. The molecule has 62 heavy (non-hydrogen) atoms. The fourth-order valence-electron chi connectivity index (χ4n) is 7.51. The van der Waals surface area contributed by atoms with Crippen LogP contribution in [0.1, 0.15) is 55.6 Å². The van der Waals surface area contributed by atoms with Gasteiger partial charge in [0.05, 0.1) is 49.5 Å². The van der Waals surface area contributed by atoms with Gasteiger partial charge in [-0.1, -0.05) is 78.9 Å². The second kappa shape index (κ2) is 18.7. The lowest BCUT2D eigenvalue weighted by molar-refractivity contribution is -0.137. The topological polar surface area (TPSA) is 144 Å². The third-order valence-electron chi connectivity index (χ3n) is 10.6. The molecule has 12 nitrogen and oxygen atoms in total. The number of methoxy groups -OCH3 is 2. The molecule has 1 aliphatic rings. The van der Waals surface area contributed by atoms with Crippen LogP contribution in [0.15, 0.2) is 155 Å². The maximum atomic E-state index is 13.8. The van der Waals surface area contributed by atoms with Crippen LogP contribution in [0.2, 0.25) is 0 Å². The van der Waals surface area contributed by atoms with Gasteiger partial charge in [-0.15, -0.1) is 0 Å². The normalized spacial score (nSPS) is 17.6. The summed E-state index contributed by atoms with van der Waals surface area (Å²) < 4.78 is 78.4. The summed E-state index contributed by atoms with van der Waals surface area (Å²) in [6.07, 6.45) is -7.44. The third kappa shape index (κ3) is 9.33. The van der Waals surface area contributed by atoms with Crippen LogP contribution in [0.4, 0.5) is 13.2 Å². The molecule has 0 unspecified atom stereocenters. The number of benzene rings is 5. The average Bonchev–Trinajstić information content (AvgIpc) is 3.62. The molecule has 6 aromatic rings. The summed E-state index contributed by atoms with van der Waals surface area (Å²) in [4.78, 5) is 54.7. The Kier molecular flexibility index (Phi) is 13.0. The number of hydrogen-bond acceptors (Lipinski definition) is 10. The van der Waals surface area contributed by atoms with Gasteiger partial charge in [0, 0.05) is 12.3 Å². The van der Waals surface area contributed by atoms with Crippen molar-refractivity contribution in [3.8, 4) is 11.5 Å². The Labute approximate surface area is 353 Å². The van der Waals surface area contributed by atoms with Crippen molar-refractivity contribution in [1.29, 1.82) is 0 Å². The second-order valence-corrected chi connectivity index (χ2v) is 14.3. The maximum Gasteiger partial charge on any atom is 0.416 e. The lowest BCUT2D eigenvalue weighted by Crippen LogP contribution is -2.39. The first-order valence-corrected chi connectivity index (χ1v) is 19.5. The molecule has 0 spiro atoms. The van der Waals surface area contributed by atoms with Gasteiger partial charge in [0.25, 0.3) is 5.56 Å². The molecule has 0 bridgehead atoms. The van der Waals surface area contributed by atoms with Crippen molar-refractivity contribution in [2.45, 2.75) is 36.6 Å². The van der Waals surface area contributed by atoms with E-state index >= 15 is 0 Å². The molecule has 15 heteroatoms. The standard InChI is InChI=1S/C47H41F3N2O10/c1-57-36-20-16-33(17-21-36)46(32-13-7-4-8-14-32,34-18-22-37(58-2)23-19-34)60-27-25-39-38(29-59-43(54)30-10-5-3-6-11-30)41(42(61-39)52-26-24-40(53)51-45(52)56)62-44(55)31-12-9-15-35(28-31)47(48,49)50/h3-24,26,28,38-39,41-42H,25,27,29H2,1-2H3,(H,51,53,56)/t38-,39-,41-,42-/m1/s1. The summed E-state index contributed by atoms with van der Waals surface area (Å²) in [6.45, 7) is -0.476.